The van der Waals surface area contributed by atoms with Crippen LogP contribution in [0.1, 0.15) is 16.1 Å². The third kappa shape index (κ3) is 8.73. The van der Waals surface area contributed by atoms with Crippen LogP contribution < -0.4 is 0 Å². The molecule has 0 spiro atoms. The van der Waals surface area contributed by atoms with Gasteiger partial charge < -0.3 is 21.0 Å². The Hall–Kier alpha value is 0.0295. The number of phenolic OH excluding ortho intramolecular Hbond substituents is 1. The van der Waals surface area contributed by atoms with Gasteiger partial charge in [-0.1, -0.05) is 30.3 Å². The number of rotatable bonds is 1. The summed E-state index contributed by atoms with van der Waals surface area (Å²) in [7, 11) is 0. The molecular formula is C13H16Ca2O4. The van der Waals surface area contributed by atoms with E-state index in [1.807, 2.05) is 6.07 Å². The monoisotopic (exact) mass is 316 g/mol. The van der Waals surface area contributed by atoms with E-state index in [0.717, 1.165) is 0 Å². The molecule has 0 bridgehead atoms. The number of para-hydroxylation sites is 2. The molecule has 0 aliphatic rings. The minimum atomic E-state index is -1.11. The summed E-state index contributed by atoms with van der Waals surface area (Å²) in [6.45, 7) is 0. The number of phenols is 2. The van der Waals surface area contributed by atoms with Crippen LogP contribution >= 0.6 is 0 Å². The molecule has 0 aliphatic heterocycles. The Balaban J connectivity index is -0.0000000513. The molecule has 6 heteroatoms. The molecule has 0 saturated heterocycles. The fourth-order valence-corrected chi connectivity index (χ4v) is 1.08. The van der Waals surface area contributed by atoms with Crippen LogP contribution in [-0.2, 0) is 0 Å². The number of benzene rings is 2. The smallest absolute Gasteiger partial charge is 1.00 e. The number of aromatic hydroxyl groups is 2. The van der Waals surface area contributed by atoms with E-state index < -0.39 is 5.97 Å². The molecule has 0 amide bonds. The van der Waals surface area contributed by atoms with Crippen LogP contribution in [0.25, 0.3) is 0 Å². The third-order valence-electron chi connectivity index (χ3n) is 1.89. The average Bonchev–Trinajstić information content (AvgIpc) is 2.31. The maximum Gasteiger partial charge on any atom is 2.00 e. The molecule has 2 aromatic rings. The van der Waals surface area contributed by atoms with Gasteiger partial charge in [-0.05, 0) is 24.3 Å². The molecule has 2 aromatic carbocycles. The van der Waals surface area contributed by atoms with Gasteiger partial charge in [0.2, 0.25) is 0 Å². The van der Waals surface area contributed by atoms with Crippen LogP contribution in [0.15, 0.2) is 54.6 Å². The molecule has 0 aliphatic carbocycles. The molecule has 0 fully saturated rings. The maximum absolute atomic E-state index is 10.3. The molecule has 19 heavy (non-hydrogen) atoms. The Labute approximate surface area is 177 Å². The standard InChI is InChI=1S/C7H6O3.C6H6O.2Ca.4H/c8-6-4-2-1-3-5(6)7(9)10;7-6-4-2-1-3-5-6;;;;;;/h1-4,8H,(H,9,10);1-5,7H;;;;;;/q;;2*+2;4*-1. The van der Waals surface area contributed by atoms with Gasteiger partial charge in [0.05, 0.1) is 0 Å². The van der Waals surface area contributed by atoms with Crippen LogP contribution in [0.3, 0.4) is 0 Å². The second-order valence-corrected chi connectivity index (χ2v) is 3.16. The van der Waals surface area contributed by atoms with Crippen molar-refractivity contribution >= 4 is 81.4 Å². The van der Waals surface area contributed by atoms with Gasteiger partial charge in [-0.3, -0.25) is 0 Å². The Kier molecular flexibility index (Phi) is 13.3. The fourth-order valence-electron chi connectivity index (χ4n) is 1.08. The first kappa shape index (κ1) is 21.3. The van der Waals surface area contributed by atoms with Gasteiger partial charge in [0, 0.05) is 0 Å². The summed E-state index contributed by atoms with van der Waals surface area (Å²) in [5.74, 6) is -0.990. The number of carboxylic acids is 1. The zero-order valence-electron chi connectivity index (χ0n) is 14.4. The van der Waals surface area contributed by atoms with Gasteiger partial charge >= 0.3 is 81.4 Å². The van der Waals surface area contributed by atoms with Crippen LogP contribution in [-0.4, -0.2) is 96.8 Å². The van der Waals surface area contributed by atoms with E-state index in [1.165, 1.54) is 12.1 Å². The minimum Gasteiger partial charge on any atom is -1.00 e. The second kappa shape index (κ2) is 11.8. The summed E-state index contributed by atoms with van der Waals surface area (Å²) >= 11 is 0. The van der Waals surface area contributed by atoms with Crippen molar-refractivity contribution in [1.29, 1.82) is 0 Å². The number of hydrogen-bond acceptors (Lipinski definition) is 3. The Morgan fingerprint density at radius 1 is 0.842 bits per heavy atom. The van der Waals surface area contributed by atoms with Crippen molar-refractivity contribution in [3.8, 4) is 11.5 Å². The van der Waals surface area contributed by atoms with Gasteiger partial charge in [-0.25, -0.2) is 4.79 Å². The number of aromatic carboxylic acids is 1. The first-order chi connectivity index (χ1) is 8.11. The van der Waals surface area contributed by atoms with Gasteiger partial charge in [0.25, 0.3) is 0 Å². The Morgan fingerprint density at radius 2 is 1.32 bits per heavy atom. The summed E-state index contributed by atoms with van der Waals surface area (Å²) in [6.07, 6.45) is 0. The second-order valence-electron chi connectivity index (χ2n) is 3.16. The SMILES string of the molecule is O=C(O)c1ccccc1O.Oc1ccccc1.[Ca+2].[Ca+2].[H-].[H-].[H-].[H-]. The van der Waals surface area contributed by atoms with E-state index >= 15 is 0 Å². The minimum absolute atomic E-state index is 0. The fraction of sp³-hybridized carbons (Fsp3) is 0. The Bertz CT molecular complexity index is 504. The van der Waals surface area contributed by atoms with Crippen molar-refractivity contribution in [2.75, 3.05) is 0 Å². The van der Waals surface area contributed by atoms with Crippen LogP contribution in [0, 0.1) is 0 Å². The van der Waals surface area contributed by atoms with Crippen LogP contribution in [0.5, 0.6) is 11.5 Å². The molecule has 0 saturated carbocycles. The first-order valence-electron chi connectivity index (χ1n) is 4.86. The topological polar surface area (TPSA) is 77.8 Å². The van der Waals surface area contributed by atoms with Crippen molar-refractivity contribution in [3.63, 3.8) is 0 Å². The predicted octanol–water partition coefficient (Wildman–Crippen LogP) is 2.17. The third-order valence-corrected chi connectivity index (χ3v) is 1.89. The maximum atomic E-state index is 10.3. The van der Waals surface area contributed by atoms with Gasteiger partial charge in [0.15, 0.2) is 0 Å². The van der Waals surface area contributed by atoms with Crippen molar-refractivity contribution in [2.24, 2.45) is 0 Å². The zero-order valence-corrected chi connectivity index (χ0v) is 14.8. The summed E-state index contributed by atoms with van der Waals surface area (Å²) in [5, 5.41) is 25.9. The molecule has 0 heterocycles. The Morgan fingerprint density at radius 3 is 1.63 bits per heavy atom. The summed E-state index contributed by atoms with van der Waals surface area (Å²) < 4.78 is 0. The first-order valence-corrected chi connectivity index (χ1v) is 4.86. The van der Waals surface area contributed by atoms with Crippen molar-refractivity contribution in [1.82, 2.24) is 0 Å². The van der Waals surface area contributed by atoms with E-state index in [1.54, 1.807) is 36.4 Å². The summed E-state index contributed by atoms with van der Waals surface area (Å²) in [5.41, 5.74) is -0.0671. The van der Waals surface area contributed by atoms with E-state index in [2.05, 4.69) is 0 Å². The largest absolute Gasteiger partial charge is 2.00 e. The number of carbonyl (C=O) groups is 1. The van der Waals surface area contributed by atoms with E-state index in [0.29, 0.717) is 5.75 Å². The quantitative estimate of drug-likeness (QED) is 0.705. The molecule has 96 valence electrons. The molecular weight excluding hydrogens is 300 g/mol. The number of hydrogen-bond donors (Lipinski definition) is 3. The van der Waals surface area contributed by atoms with Crippen LogP contribution in [0.4, 0.5) is 0 Å². The molecule has 0 unspecified atom stereocenters. The zero-order chi connectivity index (χ0) is 12.7. The van der Waals surface area contributed by atoms with E-state index in [4.69, 9.17) is 15.3 Å². The number of carboxylic acid groups (broad SMARTS) is 1. The molecule has 2 rings (SSSR count). The normalized spacial score (nSPS) is 8.00. The van der Waals surface area contributed by atoms with E-state index in [-0.39, 0.29) is 92.5 Å². The van der Waals surface area contributed by atoms with Crippen LogP contribution in [0.2, 0.25) is 0 Å². The average molecular weight is 316 g/mol. The molecule has 0 radical (unpaired) electrons. The summed E-state index contributed by atoms with van der Waals surface area (Å²) in [4.78, 5) is 10.3. The van der Waals surface area contributed by atoms with Crippen molar-refractivity contribution in [2.45, 2.75) is 0 Å². The van der Waals surface area contributed by atoms with Gasteiger partial charge in [-0.15, -0.1) is 0 Å². The molecule has 3 N–H and O–H groups in total. The molecule has 4 nitrogen and oxygen atoms in total. The molecule has 0 atom stereocenters. The van der Waals surface area contributed by atoms with Crippen molar-refractivity contribution < 1.29 is 25.8 Å². The van der Waals surface area contributed by atoms with E-state index in [9.17, 15) is 4.79 Å². The van der Waals surface area contributed by atoms with Gasteiger partial charge in [0.1, 0.15) is 17.1 Å². The van der Waals surface area contributed by atoms with Gasteiger partial charge in [-0.2, -0.15) is 0 Å². The predicted molar refractivity (Wildman–Crippen MR) is 79.1 cm³/mol. The molecule has 0 aromatic heterocycles. The van der Waals surface area contributed by atoms with Crippen molar-refractivity contribution in [3.05, 3.63) is 60.2 Å². The summed E-state index contributed by atoms with van der Waals surface area (Å²) in [6, 6.07) is 14.5.